The van der Waals surface area contributed by atoms with Gasteiger partial charge in [0.1, 0.15) is 0 Å². The van der Waals surface area contributed by atoms with Crippen LogP contribution in [-0.4, -0.2) is 33.5 Å². The summed E-state index contributed by atoms with van der Waals surface area (Å²) in [5, 5.41) is 0. The Morgan fingerprint density at radius 2 is 2.50 bits per heavy atom. The summed E-state index contributed by atoms with van der Waals surface area (Å²) in [6, 6.07) is 0. The topological polar surface area (TPSA) is 26.3 Å². The van der Waals surface area contributed by atoms with Crippen molar-refractivity contribution in [3.05, 3.63) is 10.7 Å². The molecule has 2 nitrogen and oxygen atoms in total. The van der Waals surface area contributed by atoms with Crippen LogP contribution in [0.1, 0.15) is 13.3 Å². The second-order valence-electron chi connectivity index (χ2n) is 1.59. The summed E-state index contributed by atoms with van der Waals surface area (Å²) in [5.74, 6) is -0.0746. The van der Waals surface area contributed by atoms with Crippen LogP contribution >= 0.6 is 0 Å². The molecular weight excluding hydrogens is 244 g/mol. The van der Waals surface area contributed by atoms with Crippen LogP contribution in [0.2, 0.25) is 4.47 Å². The first-order valence-corrected chi connectivity index (χ1v) is 6.18. The fraction of sp³-hybridized carbons (Fsp3) is 0.571. The third-order valence-corrected chi connectivity index (χ3v) is 2.78. The van der Waals surface area contributed by atoms with Crippen molar-refractivity contribution in [1.29, 1.82) is 0 Å². The van der Waals surface area contributed by atoms with Gasteiger partial charge in [-0.25, -0.2) is 0 Å². The molecule has 0 aromatic heterocycles. The van der Waals surface area contributed by atoms with E-state index in [0.29, 0.717) is 13.0 Å². The molecule has 0 atom stereocenters. The van der Waals surface area contributed by atoms with Crippen molar-refractivity contribution in [3.8, 4) is 0 Å². The summed E-state index contributed by atoms with van der Waals surface area (Å²) in [7, 11) is 0. The van der Waals surface area contributed by atoms with Gasteiger partial charge in [0.05, 0.1) is 0 Å². The Morgan fingerprint density at radius 3 is 3.00 bits per heavy atom. The quantitative estimate of drug-likeness (QED) is 0.419. The fourth-order valence-electron chi connectivity index (χ4n) is 0.459. The number of rotatable bonds is 5. The monoisotopic (exact) mass is 258 g/mol. The van der Waals surface area contributed by atoms with Crippen LogP contribution < -0.4 is 0 Å². The maximum absolute atomic E-state index is 10.7. The van der Waals surface area contributed by atoms with E-state index in [0.717, 1.165) is 4.47 Å². The molecule has 0 rings (SSSR count). The zero-order valence-electron chi connectivity index (χ0n) is 6.13. The number of hydrogen-bond donors (Lipinski definition) is 0. The molecule has 0 heterocycles. The van der Waals surface area contributed by atoms with Crippen molar-refractivity contribution in [1.82, 2.24) is 0 Å². The van der Waals surface area contributed by atoms with Crippen LogP contribution in [0.25, 0.3) is 0 Å². The third kappa shape index (κ3) is 6.12. The normalized spacial score (nSPS) is 8.90. The molecule has 0 aromatic carbocycles. The molecule has 0 amide bonds. The minimum atomic E-state index is -0.107. The number of hydrogen-bond acceptors (Lipinski definition) is 2. The molecular formula is C7H12O2Te. The van der Waals surface area contributed by atoms with E-state index < -0.39 is 0 Å². The molecule has 3 heteroatoms. The Bertz CT molecular complexity index is 112. The summed E-state index contributed by atoms with van der Waals surface area (Å²) in [5.41, 5.74) is 0. The van der Waals surface area contributed by atoms with Gasteiger partial charge in [-0.2, -0.15) is 0 Å². The van der Waals surface area contributed by atoms with E-state index in [-0.39, 0.29) is 26.9 Å². The summed E-state index contributed by atoms with van der Waals surface area (Å²) in [4.78, 5) is 10.7. The third-order valence-electron chi connectivity index (χ3n) is 0.847. The molecule has 0 spiro atoms. The zero-order chi connectivity index (χ0) is 7.82. The van der Waals surface area contributed by atoms with Gasteiger partial charge in [0.2, 0.25) is 0 Å². The molecule has 0 N–H and O–H groups in total. The fourth-order valence-corrected chi connectivity index (χ4v) is 1.75. The van der Waals surface area contributed by atoms with Crippen LogP contribution in [0.15, 0.2) is 10.7 Å². The van der Waals surface area contributed by atoms with Gasteiger partial charge in [0.15, 0.2) is 0 Å². The number of esters is 1. The van der Waals surface area contributed by atoms with Gasteiger partial charge in [-0.3, -0.25) is 0 Å². The molecule has 10 heavy (non-hydrogen) atoms. The maximum atomic E-state index is 10.7. The molecule has 0 aromatic rings. The summed E-state index contributed by atoms with van der Waals surface area (Å²) in [6.45, 7) is 5.92. The number of ether oxygens (including phenoxy) is 1. The van der Waals surface area contributed by atoms with Gasteiger partial charge in [0, 0.05) is 0 Å². The van der Waals surface area contributed by atoms with Gasteiger partial charge < -0.3 is 0 Å². The van der Waals surface area contributed by atoms with E-state index in [9.17, 15) is 4.79 Å². The molecule has 0 unspecified atom stereocenters. The Balaban J connectivity index is 3.13. The van der Waals surface area contributed by atoms with Crippen molar-refractivity contribution in [2.75, 3.05) is 6.61 Å². The van der Waals surface area contributed by atoms with Gasteiger partial charge in [0.25, 0.3) is 0 Å². The van der Waals surface area contributed by atoms with Gasteiger partial charge >= 0.3 is 71.5 Å². The molecule has 0 aliphatic rings. The number of carbonyl (C=O) groups excluding carboxylic acids is 1. The van der Waals surface area contributed by atoms with Gasteiger partial charge in [-0.1, -0.05) is 0 Å². The summed E-state index contributed by atoms with van der Waals surface area (Å²) in [6.07, 6.45) is 0.572. The van der Waals surface area contributed by atoms with Crippen molar-refractivity contribution in [2.24, 2.45) is 0 Å². The molecule has 0 aliphatic carbocycles. The molecule has 0 aliphatic heterocycles. The van der Waals surface area contributed by atoms with Crippen molar-refractivity contribution in [2.45, 2.75) is 17.8 Å². The van der Waals surface area contributed by atoms with E-state index in [2.05, 4.69) is 6.58 Å². The second-order valence-corrected chi connectivity index (χ2v) is 4.66. The van der Waals surface area contributed by atoms with Crippen LogP contribution in [0.4, 0.5) is 0 Å². The van der Waals surface area contributed by atoms with Crippen molar-refractivity contribution in [3.63, 3.8) is 0 Å². The van der Waals surface area contributed by atoms with Crippen LogP contribution in [0.5, 0.6) is 0 Å². The average molecular weight is 256 g/mol. The van der Waals surface area contributed by atoms with Gasteiger partial charge in [-0.05, 0) is 0 Å². The molecule has 0 fully saturated rings. The SMILES string of the molecule is C=C[Te]CCC(=O)OCC. The van der Waals surface area contributed by atoms with Gasteiger partial charge in [-0.15, -0.1) is 0 Å². The van der Waals surface area contributed by atoms with E-state index in [4.69, 9.17) is 4.74 Å². The van der Waals surface area contributed by atoms with E-state index >= 15 is 0 Å². The Kier molecular flexibility index (Phi) is 7.11. The van der Waals surface area contributed by atoms with Crippen molar-refractivity contribution >= 4 is 26.9 Å². The average Bonchev–Trinajstić information content (AvgIpc) is 1.89. The molecule has 0 bridgehead atoms. The molecule has 0 radical (unpaired) electrons. The number of carbonyl (C=O) groups is 1. The Morgan fingerprint density at radius 1 is 1.80 bits per heavy atom. The Labute approximate surface area is 71.7 Å². The van der Waals surface area contributed by atoms with E-state index in [1.165, 1.54) is 0 Å². The standard InChI is InChI=1S/C7H12O2Te/c1-3-9-7(8)5-6-10-4-2/h4H,2-3,5-6H2,1H3. The summed E-state index contributed by atoms with van der Waals surface area (Å²) >= 11 is -0.107. The molecule has 0 saturated carbocycles. The van der Waals surface area contributed by atoms with E-state index in [1.807, 2.05) is 11.0 Å². The first-order valence-electron chi connectivity index (χ1n) is 3.19. The first kappa shape index (κ1) is 10.00. The van der Waals surface area contributed by atoms with Crippen LogP contribution in [0.3, 0.4) is 0 Å². The zero-order valence-corrected chi connectivity index (χ0v) is 8.46. The predicted molar refractivity (Wildman–Crippen MR) is 42.0 cm³/mol. The minimum absolute atomic E-state index is 0.0746. The predicted octanol–water partition coefficient (Wildman–Crippen LogP) is 1.21. The van der Waals surface area contributed by atoms with E-state index in [1.54, 1.807) is 0 Å². The van der Waals surface area contributed by atoms with Crippen LogP contribution in [0, 0.1) is 0 Å². The van der Waals surface area contributed by atoms with Crippen molar-refractivity contribution < 1.29 is 9.53 Å². The first-order chi connectivity index (χ1) is 4.81. The summed E-state index contributed by atoms with van der Waals surface area (Å²) < 4.78 is 7.65. The van der Waals surface area contributed by atoms with Crippen LogP contribution in [-0.2, 0) is 9.53 Å². The molecule has 58 valence electrons. The Hall–Kier alpha value is -0.000390. The second kappa shape index (κ2) is 7.11. The molecule has 0 saturated heterocycles.